The number of aryl methyl sites for hydroxylation is 3. The van der Waals surface area contributed by atoms with Crippen LogP contribution in [-0.2, 0) is 20.0 Å². The molecule has 0 amide bonds. The second-order valence-corrected chi connectivity index (χ2v) is 12.1. The highest BCUT2D eigenvalue weighted by molar-refractivity contribution is 7.89. The Labute approximate surface area is 219 Å². The Kier molecular flexibility index (Phi) is 9.23. The normalized spacial score (nSPS) is 12.4. The molecule has 0 fully saturated rings. The molecular weight excluding hydrogens is 508 g/mol. The fourth-order valence-corrected chi connectivity index (χ4v) is 5.63. The van der Waals surface area contributed by atoms with Gasteiger partial charge in [-0.25, -0.2) is 16.8 Å². The van der Waals surface area contributed by atoms with E-state index in [1.807, 2.05) is 32.9 Å². The van der Waals surface area contributed by atoms with E-state index in [1.54, 1.807) is 36.4 Å². The molecule has 37 heavy (non-hydrogen) atoms. The average molecular weight is 539 g/mol. The number of terminal acetylenes is 1. The van der Waals surface area contributed by atoms with Crippen LogP contribution in [0.3, 0.4) is 0 Å². The number of nitrogens with zero attached hydrogens (tertiary/aromatic N) is 2. The van der Waals surface area contributed by atoms with Gasteiger partial charge in [-0.15, -0.1) is 11.3 Å². The molecule has 0 spiro atoms. The molecule has 0 saturated carbocycles. The molecular formula is C27H30N4O4S2. The SMILES string of the molecule is C#CCN(CCN=C(NNS(=O)(=O)c1ccc(C)cc1)c1ccccc1C)S(=O)(=O)c1ccc(C)cc1. The molecule has 0 saturated heterocycles. The summed E-state index contributed by atoms with van der Waals surface area (Å²) < 4.78 is 53.1. The molecule has 0 unspecified atom stereocenters. The van der Waals surface area contributed by atoms with E-state index < -0.39 is 20.0 Å². The van der Waals surface area contributed by atoms with E-state index in [4.69, 9.17) is 6.42 Å². The van der Waals surface area contributed by atoms with Gasteiger partial charge in [0.1, 0.15) is 5.84 Å². The first-order chi connectivity index (χ1) is 17.5. The average Bonchev–Trinajstić information content (AvgIpc) is 2.86. The minimum absolute atomic E-state index is 0.00217. The van der Waals surface area contributed by atoms with Crippen molar-refractivity contribution in [1.29, 1.82) is 0 Å². The first-order valence-electron chi connectivity index (χ1n) is 11.5. The number of nitrogens with one attached hydrogen (secondary N) is 2. The molecule has 3 aromatic rings. The predicted octanol–water partition coefficient (Wildman–Crippen LogP) is 3.17. The third kappa shape index (κ3) is 7.27. The van der Waals surface area contributed by atoms with Crippen LogP contribution in [-0.4, -0.2) is 46.6 Å². The topological polar surface area (TPSA) is 108 Å². The Balaban J connectivity index is 1.84. The van der Waals surface area contributed by atoms with Crippen molar-refractivity contribution < 1.29 is 16.8 Å². The molecule has 3 rings (SSSR count). The van der Waals surface area contributed by atoms with Crippen LogP contribution in [0.15, 0.2) is 87.6 Å². The maximum absolute atomic E-state index is 13.1. The molecule has 2 N–H and O–H groups in total. The zero-order chi connectivity index (χ0) is 27.1. The van der Waals surface area contributed by atoms with E-state index >= 15 is 0 Å². The summed E-state index contributed by atoms with van der Waals surface area (Å²) in [5.74, 6) is 2.64. The lowest BCUT2D eigenvalue weighted by Gasteiger charge is -2.20. The van der Waals surface area contributed by atoms with E-state index in [-0.39, 0.29) is 35.3 Å². The Morgan fingerprint density at radius 1 is 0.865 bits per heavy atom. The van der Waals surface area contributed by atoms with Gasteiger partial charge in [0.05, 0.1) is 22.9 Å². The molecule has 0 atom stereocenters. The van der Waals surface area contributed by atoms with Crippen molar-refractivity contribution in [3.63, 3.8) is 0 Å². The fourth-order valence-electron chi connectivity index (χ4n) is 3.44. The fraction of sp³-hybridized carbons (Fsp3) is 0.222. The van der Waals surface area contributed by atoms with Gasteiger partial charge in [0.25, 0.3) is 10.0 Å². The molecule has 0 aliphatic rings. The number of amidine groups is 1. The minimum Gasteiger partial charge on any atom is -0.292 e. The molecule has 0 aliphatic heterocycles. The van der Waals surface area contributed by atoms with Crippen molar-refractivity contribution in [2.24, 2.45) is 4.99 Å². The summed E-state index contributed by atoms with van der Waals surface area (Å²) in [5, 5.41) is 0. The summed E-state index contributed by atoms with van der Waals surface area (Å²) in [6.45, 7) is 5.52. The van der Waals surface area contributed by atoms with Crippen LogP contribution in [0.1, 0.15) is 22.3 Å². The van der Waals surface area contributed by atoms with Crippen LogP contribution in [0.2, 0.25) is 0 Å². The third-order valence-corrected chi connectivity index (χ3v) is 8.70. The van der Waals surface area contributed by atoms with Gasteiger partial charge < -0.3 is 0 Å². The monoisotopic (exact) mass is 538 g/mol. The van der Waals surface area contributed by atoms with Gasteiger partial charge in [-0.3, -0.25) is 10.4 Å². The lowest BCUT2D eigenvalue weighted by molar-refractivity contribution is 0.454. The Morgan fingerprint density at radius 3 is 2.00 bits per heavy atom. The first-order valence-corrected chi connectivity index (χ1v) is 14.4. The van der Waals surface area contributed by atoms with Gasteiger partial charge in [0, 0.05) is 12.1 Å². The largest absolute Gasteiger partial charge is 0.292 e. The number of aliphatic imine (C=N–C) groups is 1. The van der Waals surface area contributed by atoms with Crippen LogP contribution in [0.4, 0.5) is 0 Å². The molecule has 10 heteroatoms. The summed E-state index contributed by atoms with van der Waals surface area (Å²) in [5.41, 5.74) is 6.11. The number of rotatable bonds is 10. The molecule has 8 nitrogen and oxygen atoms in total. The highest BCUT2D eigenvalue weighted by atomic mass is 32.2. The van der Waals surface area contributed by atoms with Crippen LogP contribution in [0.25, 0.3) is 0 Å². The van der Waals surface area contributed by atoms with Crippen molar-refractivity contribution in [2.75, 3.05) is 19.6 Å². The van der Waals surface area contributed by atoms with Gasteiger partial charge in [0.2, 0.25) is 10.0 Å². The van der Waals surface area contributed by atoms with Gasteiger partial charge in [-0.05, 0) is 50.6 Å². The van der Waals surface area contributed by atoms with Crippen molar-refractivity contribution in [3.8, 4) is 12.3 Å². The van der Waals surface area contributed by atoms with Crippen LogP contribution in [0.5, 0.6) is 0 Å². The van der Waals surface area contributed by atoms with Crippen molar-refractivity contribution in [2.45, 2.75) is 30.6 Å². The number of hydrogen-bond acceptors (Lipinski definition) is 5. The Hall–Kier alpha value is -3.49. The van der Waals surface area contributed by atoms with Crippen molar-refractivity contribution >= 4 is 25.9 Å². The van der Waals surface area contributed by atoms with Gasteiger partial charge >= 0.3 is 0 Å². The third-order valence-electron chi connectivity index (χ3n) is 5.58. The highest BCUT2D eigenvalue weighted by Gasteiger charge is 2.23. The quantitative estimate of drug-likeness (QED) is 0.178. The standard InChI is InChI=1S/C27H30N4O4S2/c1-5-19-31(37(34,35)25-16-12-22(3)13-17-25)20-18-28-27(26-9-7-6-8-23(26)4)29-30-36(32,33)24-14-10-21(2)11-15-24/h1,6-17,30H,18-20H2,2-4H3,(H,28,29). The number of sulfonamides is 2. The van der Waals surface area contributed by atoms with Gasteiger partial charge in [-0.2, -0.15) is 4.31 Å². The second kappa shape index (κ2) is 12.2. The highest BCUT2D eigenvalue weighted by Crippen LogP contribution is 2.16. The summed E-state index contributed by atoms with van der Waals surface area (Å²) in [4.78, 5) is 7.12. The molecule has 0 aromatic heterocycles. The molecule has 0 aliphatic carbocycles. The van der Waals surface area contributed by atoms with E-state index in [0.717, 1.165) is 16.7 Å². The van der Waals surface area contributed by atoms with Crippen LogP contribution in [0, 0.1) is 33.1 Å². The Morgan fingerprint density at radius 2 is 1.43 bits per heavy atom. The zero-order valence-electron chi connectivity index (χ0n) is 21.0. The van der Waals surface area contributed by atoms with E-state index in [0.29, 0.717) is 5.56 Å². The summed E-state index contributed by atoms with van der Waals surface area (Å²) in [6, 6.07) is 20.3. The molecule has 194 valence electrons. The number of hydrazine groups is 1. The molecule has 0 radical (unpaired) electrons. The first kappa shape index (κ1) is 28.1. The van der Waals surface area contributed by atoms with Crippen LogP contribution < -0.4 is 10.3 Å². The van der Waals surface area contributed by atoms with E-state index in [9.17, 15) is 16.8 Å². The summed E-state index contributed by atoms with van der Waals surface area (Å²) >= 11 is 0. The van der Waals surface area contributed by atoms with Gasteiger partial charge in [-0.1, -0.05) is 65.6 Å². The summed E-state index contributed by atoms with van der Waals surface area (Å²) in [6.07, 6.45) is 5.45. The Bertz CT molecular complexity index is 1510. The number of benzene rings is 3. The van der Waals surface area contributed by atoms with Crippen molar-refractivity contribution in [3.05, 3.63) is 95.1 Å². The smallest absolute Gasteiger partial charge is 0.257 e. The molecule has 0 bridgehead atoms. The van der Waals surface area contributed by atoms with Crippen molar-refractivity contribution in [1.82, 2.24) is 14.6 Å². The molecule has 0 heterocycles. The second-order valence-electron chi connectivity index (χ2n) is 8.44. The maximum Gasteiger partial charge on any atom is 0.257 e. The van der Waals surface area contributed by atoms with Gasteiger partial charge in [0.15, 0.2) is 0 Å². The van der Waals surface area contributed by atoms with E-state index in [2.05, 4.69) is 21.2 Å². The van der Waals surface area contributed by atoms with Crippen LogP contribution >= 0.6 is 0 Å². The maximum atomic E-state index is 13.1. The lowest BCUT2D eigenvalue weighted by atomic mass is 10.1. The minimum atomic E-state index is -3.88. The lowest BCUT2D eigenvalue weighted by Crippen LogP contribution is -2.42. The summed E-state index contributed by atoms with van der Waals surface area (Å²) in [7, 11) is -7.72. The molecule has 3 aromatic carbocycles. The predicted molar refractivity (Wildman–Crippen MR) is 146 cm³/mol. The van der Waals surface area contributed by atoms with E-state index in [1.165, 1.54) is 28.6 Å². The number of hydrogen-bond donors (Lipinski definition) is 2. The zero-order valence-corrected chi connectivity index (χ0v) is 22.6.